The molecule has 0 aliphatic rings. The van der Waals surface area contributed by atoms with Gasteiger partial charge in [-0.25, -0.2) is 8.42 Å². The average molecular weight is 217 g/mol. The predicted molar refractivity (Wildman–Crippen MR) is 53.4 cm³/mol. The van der Waals surface area contributed by atoms with Crippen molar-refractivity contribution in [3.05, 3.63) is 40.8 Å². The van der Waals surface area contributed by atoms with E-state index in [4.69, 9.17) is 11.6 Å². The second-order valence-corrected chi connectivity index (χ2v) is 4.71. The van der Waals surface area contributed by atoms with Gasteiger partial charge >= 0.3 is 0 Å². The smallest absolute Gasteiger partial charge is 0.200 e. The molecule has 1 aromatic rings. The molecule has 0 unspecified atom stereocenters. The fourth-order valence-electron chi connectivity index (χ4n) is 0.874. The third-order valence-electron chi connectivity index (χ3n) is 1.58. The van der Waals surface area contributed by atoms with Gasteiger partial charge in [0.05, 0.1) is 4.90 Å². The lowest BCUT2D eigenvalue weighted by Crippen LogP contribution is -1.95. The van der Waals surface area contributed by atoms with E-state index in [0.29, 0.717) is 0 Å². The van der Waals surface area contributed by atoms with Crippen LogP contribution in [0.15, 0.2) is 40.1 Å². The van der Waals surface area contributed by atoms with E-state index in [1.165, 1.54) is 0 Å². The molecule has 70 valence electrons. The van der Waals surface area contributed by atoms with Gasteiger partial charge in [0.15, 0.2) is 0 Å². The minimum absolute atomic E-state index is 0.259. The summed E-state index contributed by atoms with van der Waals surface area (Å²) in [5.74, 6) is 0. The van der Waals surface area contributed by atoms with Crippen molar-refractivity contribution in [1.29, 1.82) is 0 Å². The van der Waals surface area contributed by atoms with Gasteiger partial charge in [-0.15, -0.1) is 0 Å². The topological polar surface area (TPSA) is 34.1 Å². The van der Waals surface area contributed by atoms with E-state index >= 15 is 0 Å². The first kappa shape index (κ1) is 10.3. The van der Waals surface area contributed by atoms with E-state index in [-0.39, 0.29) is 4.90 Å². The molecule has 0 saturated carbocycles. The van der Waals surface area contributed by atoms with Gasteiger partial charge in [-0.1, -0.05) is 29.3 Å². The Balaban J connectivity index is 3.17. The minimum Gasteiger partial charge on any atom is -0.219 e. The summed E-state index contributed by atoms with van der Waals surface area (Å²) in [5, 5.41) is 0.971. The Labute approximate surface area is 82.8 Å². The first-order valence-electron chi connectivity index (χ1n) is 3.65. The van der Waals surface area contributed by atoms with Crippen LogP contribution >= 0.6 is 11.6 Å². The molecular formula is C9H9ClO2S. The maximum Gasteiger partial charge on any atom is 0.200 e. The number of sulfone groups is 1. The van der Waals surface area contributed by atoms with Crippen molar-refractivity contribution in [2.24, 2.45) is 0 Å². The number of hydrogen-bond donors (Lipinski definition) is 0. The molecule has 2 nitrogen and oxygen atoms in total. The summed E-state index contributed by atoms with van der Waals surface area (Å²) in [6.07, 6.45) is 0. The Morgan fingerprint density at radius 3 is 2.23 bits per heavy atom. The lowest BCUT2D eigenvalue weighted by molar-refractivity contribution is 0.604. The lowest BCUT2D eigenvalue weighted by atomic mass is 10.2. The highest BCUT2D eigenvalue weighted by atomic mass is 35.5. The van der Waals surface area contributed by atoms with Crippen LogP contribution in [-0.4, -0.2) is 8.42 Å². The van der Waals surface area contributed by atoms with Gasteiger partial charge in [-0.3, -0.25) is 0 Å². The van der Waals surface area contributed by atoms with Crippen molar-refractivity contribution in [2.75, 3.05) is 0 Å². The Bertz CT molecular complexity index is 404. The maximum atomic E-state index is 11.4. The molecule has 4 heteroatoms. The predicted octanol–water partition coefficient (Wildman–Crippen LogP) is 2.48. The minimum atomic E-state index is -3.34. The second kappa shape index (κ2) is 3.94. The van der Waals surface area contributed by atoms with Crippen molar-refractivity contribution in [3.63, 3.8) is 0 Å². The van der Waals surface area contributed by atoms with Crippen LogP contribution in [0.4, 0.5) is 0 Å². The molecule has 13 heavy (non-hydrogen) atoms. The van der Waals surface area contributed by atoms with Gasteiger partial charge in [-0.05, 0) is 19.1 Å². The zero-order valence-corrected chi connectivity index (χ0v) is 8.64. The van der Waals surface area contributed by atoms with Crippen LogP contribution in [0.2, 0.25) is 0 Å². The molecule has 0 atom stereocenters. The van der Waals surface area contributed by atoms with E-state index in [9.17, 15) is 8.42 Å². The van der Waals surface area contributed by atoms with Crippen LogP contribution in [0, 0.1) is 6.92 Å². The van der Waals surface area contributed by atoms with E-state index in [1.807, 2.05) is 6.92 Å². The maximum absolute atomic E-state index is 11.4. The molecule has 0 aliphatic heterocycles. The standard InChI is InChI=1S/C9H9ClO2S/c1-8-2-4-9(5-3-8)13(11,12)7-6-10/h2-7H,1H3. The Kier molecular flexibility index (Phi) is 3.12. The zero-order chi connectivity index (χ0) is 9.90. The van der Waals surface area contributed by atoms with Crippen LogP contribution in [0.1, 0.15) is 5.56 Å². The molecule has 0 N–H and O–H groups in total. The normalized spacial score (nSPS) is 12.2. The Hall–Kier alpha value is -0.800. The summed E-state index contributed by atoms with van der Waals surface area (Å²) < 4.78 is 22.7. The van der Waals surface area contributed by atoms with Gasteiger partial charge in [0, 0.05) is 10.9 Å². The van der Waals surface area contributed by atoms with Crippen molar-refractivity contribution in [1.82, 2.24) is 0 Å². The summed E-state index contributed by atoms with van der Waals surface area (Å²) in [5.41, 5.74) is 2.02. The summed E-state index contributed by atoms with van der Waals surface area (Å²) >= 11 is 5.21. The molecule has 0 spiro atoms. The number of aryl methyl sites for hydroxylation is 1. The summed E-state index contributed by atoms with van der Waals surface area (Å²) in [4.78, 5) is 0.259. The molecule has 0 radical (unpaired) electrons. The first-order valence-corrected chi connectivity index (χ1v) is 5.63. The van der Waals surface area contributed by atoms with Crippen LogP contribution in [-0.2, 0) is 9.84 Å². The van der Waals surface area contributed by atoms with Crippen LogP contribution in [0.25, 0.3) is 0 Å². The number of benzene rings is 1. The van der Waals surface area contributed by atoms with Gasteiger partial charge in [-0.2, -0.15) is 0 Å². The number of rotatable bonds is 2. The second-order valence-electron chi connectivity index (χ2n) is 2.62. The summed E-state index contributed by atoms with van der Waals surface area (Å²) in [6.45, 7) is 1.90. The molecule has 0 fully saturated rings. The molecule has 0 bridgehead atoms. The number of halogens is 1. The van der Waals surface area contributed by atoms with E-state index in [0.717, 1.165) is 16.5 Å². The largest absolute Gasteiger partial charge is 0.219 e. The molecule has 0 aliphatic carbocycles. The monoisotopic (exact) mass is 216 g/mol. The van der Waals surface area contributed by atoms with Gasteiger partial charge < -0.3 is 0 Å². The Morgan fingerprint density at radius 2 is 1.77 bits per heavy atom. The molecule has 0 saturated heterocycles. The highest BCUT2D eigenvalue weighted by Crippen LogP contribution is 2.13. The fourth-order valence-corrected chi connectivity index (χ4v) is 2.09. The highest BCUT2D eigenvalue weighted by molar-refractivity contribution is 7.94. The quantitative estimate of drug-likeness (QED) is 0.761. The van der Waals surface area contributed by atoms with Crippen LogP contribution in [0.3, 0.4) is 0 Å². The van der Waals surface area contributed by atoms with Crippen molar-refractivity contribution in [2.45, 2.75) is 11.8 Å². The van der Waals surface area contributed by atoms with Gasteiger partial charge in [0.1, 0.15) is 0 Å². The number of hydrogen-bond acceptors (Lipinski definition) is 2. The molecule has 0 heterocycles. The molecule has 1 aromatic carbocycles. The van der Waals surface area contributed by atoms with Crippen LogP contribution < -0.4 is 0 Å². The van der Waals surface area contributed by atoms with Crippen molar-refractivity contribution >= 4 is 21.4 Å². The molecular weight excluding hydrogens is 208 g/mol. The summed E-state index contributed by atoms with van der Waals surface area (Å²) in [6, 6.07) is 6.60. The van der Waals surface area contributed by atoms with E-state index in [1.54, 1.807) is 24.3 Å². The van der Waals surface area contributed by atoms with E-state index in [2.05, 4.69) is 0 Å². The Morgan fingerprint density at radius 1 is 1.23 bits per heavy atom. The molecule has 0 amide bonds. The van der Waals surface area contributed by atoms with Crippen molar-refractivity contribution < 1.29 is 8.42 Å². The van der Waals surface area contributed by atoms with Gasteiger partial charge in [0.2, 0.25) is 9.84 Å². The highest BCUT2D eigenvalue weighted by Gasteiger charge is 2.08. The first-order chi connectivity index (χ1) is 6.06. The average Bonchev–Trinajstić information content (AvgIpc) is 2.05. The van der Waals surface area contributed by atoms with Crippen molar-refractivity contribution in [3.8, 4) is 0 Å². The third kappa shape index (κ3) is 2.57. The molecule has 1 rings (SSSR count). The van der Waals surface area contributed by atoms with E-state index < -0.39 is 9.84 Å². The third-order valence-corrected chi connectivity index (χ3v) is 3.28. The molecule has 0 aromatic heterocycles. The zero-order valence-electron chi connectivity index (χ0n) is 7.07. The summed E-state index contributed by atoms with van der Waals surface area (Å²) in [7, 11) is -3.34. The fraction of sp³-hybridized carbons (Fsp3) is 0.111. The van der Waals surface area contributed by atoms with Gasteiger partial charge in [0.25, 0.3) is 0 Å². The van der Waals surface area contributed by atoms with Crippen LogP contribution in [0.5, 0.6) is 0 Å². The SMILES string of the molecule is Cc1ccc(S(=O)(=O)C=CCl)cc1. The lowest BCUT2D eigenvalue weighted by Gasteiger charge is -1.98.